The van der Waals surface area contributed by atoms with Gasteiger partial charge in [0, 0.05) is 24.3 Å². The molecule has 8 heteroatoms. The fourth-order valence-electron chi connectivity index (χ4n) is 3.19. The highest BCUT2D eigenvalue weighted by Crippen LogP contribution is 2.26. The van der Waals surface area contributed by atoms with E-state index >= 15 is 0 Å². The summed E-state index contributed by atoms with van der Waals surface area (Å²) >= 11 is 0. The molecule has 2 aromatic carbocycles. The average molecular weight is 379 g/mol. The third-order valence-electron chi connectivity index (χ3n) is 4.67. The topological polar surface area (TPSA) is 80.1 Å². The molecule has 1 aliphatic rings. The summed E-state index contributed by atoms with van der Waals surface area (Å²) in [6.45, 7) is 0.874. The largest absolute Gasteiger partial charge is 0.326 e. The maximum absolute atomic E-state index is 13.1. The number of carbonyl (C=O) groups is 2. The number of rotatable bonds is 5. The van der Waals surface area contributed by atoms with Crippen LogP contribution >= 0.6 is 0 Å². The van der Waals surface area contributed by atoms with Crippen LogP contribution in [0.1, 0.15) is 12.0 Å². The van der Waals surface area contributed by atoms with Crippen LogP contribution in [0, 0.1) is 11.7 Å². The van der Waals surface area contributed by atoms with E-state index in [4.69, 9.17) is 0 Å². The fourth-order valence-corrected chi connectivity index (χ4v) is 3.19. The Morgan fingerprint density at radius 2 is 1.89 bits per heavy atom. The molecule has 2 amide bonds. The number of hydrogen-bond donors (Lipinski definition) is 1. The zero-order valence-electron chi connectivity index (χ0n) is 15.0. The van der Waals surface area contributed by atoms with Gasteiger partial charge in [-0.3, -0.25) is 9.59 Å². The minimum absolute atomic E-state index is 0.133. The molecule has 1 N–H and O–H groups in total. The predicted octanol–water partition coefficient (Wildman–Crippen LogP) is 2.46. The lowest BCUT2D eigenvalue weighted by atomic mass is 10.1. The molecular formula is C20H18FN5O2. The standard InChI is InChI=1S/C20H18FN5O2/c21-16-3-7-18(8-4-16)26-11-15(9-19(26)27)20(28)24-17-5-1-14(2-6-17)10-25-13-22-12-23-25/h1-8,12-13,15H,9-11H2,(H,24,28). The van der Waals surface area contributed by atoms with E-state index in [1.165, 1.54) is 23.4 Å². The van der Waals surface area contributed by atoms with Crippen LogP contribution in [0.2, 0.25) is 0 Å². The smallest absolute Gasteiger partial charge is 0.229 e. The van der Waals surface area contributed by atoms with Crippen molar-refractivity contribution in [2.45, 2.75) is 13.0 Å². The van der Waals surface area contributed by atoms with Gasteiger partial charge < -0.3 is 10.2 Å². The van der Waals surface area contributed by atoms with Gasteiger partial charge >= 0.3 is 0 Å². The van der Waals surface area contributed by atoms with Gasteiger partial charge in [-0.1, -0.05) is 12.1 Å². The lowest BCUT2D eigenvalue weighted by Crippen LogP contribution is -2.28. The number of nitrogens with zero attached hydrogens (tertiary/aromatic N) is 4. The number of carbonyl (C=O) groups excluding carboxylic acids is 2. The Kier molecular flexibility index (Phi) is 4.84. The summed E-state index contributed by atoms with van der Waals surface area (Å²) in [5.74, 6) is -1.17. The number of nitrogens with one attached hydrogen (secondary N) is 1. The SMILES string of the molecule is O=C(Nc1ccc(Cn2cncn2)cc1)C1CC(=O)N(c2ccc(F)cc2)C1. The zero-order valence-corrected chi connectivity index (χ0v) is 15.0. The lowest BCUT2D eigenvalue weighted by molar-refractivity contribution is -0.122. The molecule has 1 fully saturated rings. The molecule has 1 unspecified atom stereocenters. The number of aromatic nitrogens is 3. The zero-order chi connectivity index (χ0) is 19.5. The van der Waals surface area contributed by atoms with E-state index in [0.29, 0.717) is 17.9 Å². The molecule has 142 valence electrons. The molecule has 7 nitrogen and oxygen atoms in total. The second-order valence-corrected chi connectivity index (χ2v) is 6.66. The van der Waals surface area contributed by atoms with Crippen molar-refractivity contribution in [2.75, 3.05) is 16.8 Å². The van der Waals surface area contributed by atoms with Crippen molar-refractivity contribution in [3.63, 3.8) is 0 Å². The van der Waals surface area contributed by atoms with E-state index in [0.717, 1.165) is 5.56 Å². The summed E-state index contributed by atoms with van der Waals surface area (Å²) in [6, 6.07) is 13.1. The van der Waals surface area contributed by atoms with Crippen molar-refractivity contribution in [1.29, 1.82) is 0 Å². The normalized spacial score (nSPS) is 16.4. The first-order valence-corrected chi connectivity index (χ1v) is 8.86. The first-order valence-electron chi connectivity index (χ1n) is 8.86. The molecule has 1 atom stereocenters. The van der Waals surface area contributed by atoms with Gasteiger partial charge in [0.05, 0.1) is 12.5 Å². The Morgan fingerprint density at radius 1 is 1.14 bits per heavy atom. The van der Waals surface area contributed by atoms with Gasteiger partial charge in [-0.05, 0) is 42.0 Å². The molecule has 0 aliphatic carbocycles. The highest BCUT2D eigenvalue weighted by Gasteiger charge is 2.35. The van der Waals surface area contributed by atoms with Crippen molar-refractivity contribution in [3.8, 4) is 0 Å². The van der Waals surface area contributed by atoms with Gasteiger partial charge in [0.2, 0.25) is 11.8 Å². The average Bonchev–Trinajstić information content (AvgIpc) is 3.34. The van der Waals surface area contributed by atoms with Gasteiger partial charge in [-0.25, -0.2) is 14.1 Å². The quantitative estimate of drug-likeness (QED) is 0.739. The van der Waals surface area contributed by atoms with Crippen molar-refractivity contribution >= 4 is 23.2 Å². The molecule has 0 spiro atoms. The minimum atomic E-state index is -0.452. The molecule has 1 aliphatic heterocycles. The molecule has 28 heavy (non-hydrogen) atoms. The highest BCUT2D eigenvalue weighted by molar-refractivity contribution is 6.03. The van der Waals surface area contributed by atoms with E-state index in [1.807, 2.05) is 24.3 Å². The summed E-state index contributed by atoms with van der Waals surface area (Å²) in [4.78, 5) is 30.2. The summed E-state index contributed by atoms with van der Waals surface area (Å²) in [5.41, 5.74) is 2.29. The van der Waals surface area contributed by atoms with Gasteiger partial charge in [-0.2, -0.15) is 5.10 Å². The monoisotopic (exact) mass is 379 g/mol. The van der Waals surface area contributed by atoms with Gasteiger partial charge in [0.1, 0.15) is 18.5 Å². The summed E-state index contributed by atoms with van der Waals surface area (Å²) in [6.07, 6.45) is 3.25. The van der Waals surface area contributed by atoms with E-state index in [-0.39, 0.29) is 30.6 Å². The first-order chi connectivity index (χ1) is 13.6. The van der Waals surface area contributed by atoms with Gasteiger partial charge in [0.15, 0.2) is 0 Å². The van der Waals surface area contributed by atoms with Crippen LogP contribution < -0.4 is 10.2 Å². The Balaban J connectivity index is 1.37. The third-order valence-corrected chi connectivity index (χ3v) is 4.67. The van der Waals surface area contributed by atoms with Gasteiger partial charge in [0.25, 0.3) is 0 Å². The number of anilines is 2. The van der Waals surface area contributed by atoms with Crippen LogP contribution in [0.15, 0.2) is 61.2 Å². The molecule has 0 radical (unpaired) electrons. The van der Waals surface area contributed by atoms with Crippen LogP contribution in [0.5, 0.6) is 0 Å². The minimum Gasteiger partial charge on any atom is -0.326 e. The summed E-state index contributed by atoms with van der Waals surface area (Å²) in [5, 5.41) is 6.92. The molecule has 1 aromatic heterocycles. The number of amides is 2. The molecule has 3 aromatic rings. The van der Waals surface area contributed by atoms with Crippen molar-refractivity contribution in [3.05, 3.63) is 72.6 Å². The number of halogens is 1. The molecule has 4 rings (SSSR count). The van der Waals surface area contributed by atoms with E-state index in [9.17, 15) is 14.0 Å². The lowest BCUT2D eigenvalue weighted by Gasteiger charge is -2.16. The Morgan fingerprint density at radius 3 is 2.57 bits per heavy atom. The predicted molar refractivity (Wildman–Crippen MR) is 101 cm³/mol. The Labute approximate surface area is 160 Å². The third kappa shape index (κ3) is 3.90. The van der Waals surface area contributed by atoms with Crippen LogP contribution in [0.4, 0.5) is 15.8 Å². The van der Waals surface area contributed by atoms with E-state index in [1.54, 1.807) is 23.1 Å². The molecule has 0 saturated carbocycles. The summed E-state index contributed by atoms with van der Waals surface area (Å²) in [7, 11) is 0. The van der Waals surface area contributed by atoms with Crippen LogP contribution in [0.3, 0.4) is 0 Å². The highest BCUT2D eigenvalue weighted by atomic mass is 19.1. The Hall–Kier alpha value is -3.55. The van der Waals surface area contributed by atoms with Crippen LogP contribution in [0.25, 0.3) is 0 Å². The number of hydrogen-bond acceptors (Lipinski definition) is 4. The van der Waals surface area contributed by atoms with Crippen LogP contribution in [-0.4, -0.2) is 33.1 Å². The van der Waals surface area contributed by atoms with Crippen molar-refractivity contribution in [1.82, 2.24) is 14.8 Å². The first kappa shape index (κ1) is 17.8. The number of benzene rings is 2. The fraction of sp³-hybridized carbons (Fsp3) is 0.200. The summed E-state index contributed by atoms with van der Waals surface area (Å²) < 4.78 is 14.8. The van der Waals surface area contributed by atoms with E-state index in [2.05, 4.69) is 15.4 Å². The molecular weight excluding hydrogens is 361 g/mol. The van der Waals surface area contributed by atoms with Crippen molar-refractivity contribution < 1.29 is 14.0 Å². The van der Waals surface area contributed by atoms with Crippen LogP contribution in [-0.2, 0) is 16.1 Å². The maximum Gasteiger partial charge on any atom is 0.229 e. The molecule has 2 heterocycles. The Bertz CT molecular complexity index is 971. The second kappa shape index (κ2) is 7.59. The second-order valence-electron chi connectivity index (χ2n) is 6.66. The molecule has 0 bridgehead atoms. The molecule has 1 saturated heterocycles. The van der Waals surface area contributed by atoms with E-state index < -0.39 is 5.92 Å². The van der Waals surface area contributed by atoms with Crippen molar-refractivity contribution in [2.24, 2.45) is 5.92 Å². The maximum atomic E-state index is 13.1. The van der Waals surface area contributed by atoms with Gasteiger partial charge in [-0.15, -0.1) is 0 Å².